The minimum absolute atomic E-state index is 0.176. The summed E-state index contributed by atoms with van der Waals surface area (Å²) in [7, 11) is 0. The van der Waals surface area contributed by atoms with E-state index in [1.54, 1.807) is 13.8 Å². The van der Waals surface area contributed by atoms with Crippen molar-refractivity contribution in [3.8, 4) is 0 Å². The second-order valence-corrected chi connectivity index (χ2v) is 14.3. The lowest BCUT2D eigenvalue weighted by Gasteiger charge is -2.69. The van der Waals surface area contributed by atoms with Crippen LogP contribution < -0.4 is 0 Å². The van der Waals surface area contributed by atoms with Gasteiger partial charge in [-0.1, -0.05) is 46.3 Å². The van der Waals surface area contributed by atoms with Gasteiger partial charge in [-0.15, -0.1) is 0 Å². The number of carbonyl (C=O) groups is 1. The summed E-state index contributed by atoms with van der Waals surface area (Å²) in [4.78, 5) is 12.8. The van der Waals surface area contributed by atoms with E-state index in [1.807, 2.05) is 0 Å². The zero-order chi connectivity index (χ0) is 24.6. The van der Waals surface area contributed by atoms with Gasteiger partial charge in [-0.25, -0.2) is 0 Å². The Balaban J connectivity index is 1.60. The number of carbonyl (C=O) groups excluding carboxylic acids is 1. The van der Waals surface area contributed by atoms with Crippen LogP contribution in [0.1, 0.15) is 113 Å². The molecule has 4 aliphatic rings. The minimum Gasteiger partial charge on any atom is -0.390 e. The molecule has 3 heteroatoms. The summed E-state index contributed by atoms with van der Waals surface area (Å²) in [5, 5.41) is 20.5. The van der Waals surface area contributed by atoms with Crippen LogP contribution in [0.2, 0.25) is 0 Å². The summed E-state index contributed by atoms with van der Waals surface area (Å²) in [5.74, 6) is 3.01. The highest BCUT2D eigenvalue weighted by atomic mass is 16.3. The first-order chi connectivity index (χ1) is 15.1. The van der Waals surface area contributed by atoms with E-state index in [9.17, 15) is 15.0 Å². The van der Waals surface area contributed by atoms with Crippen LogP contribution >= 0.6 is 0 Å². The first-order valence-electron chi connectivity index (χ1n) is 13.7. The summed E-state index contributed by atoms with van der Waals surface area (Å²) >= 11 is 0. The fourth-order valence-corrected chi connectivity index (χ4v) is 9.83. The highest BCUT2D eigenvalue weighted by Crippen LogP contribution is 2.75. The average Bonchev–Trinajstić information content (AvgIpc) is 3.07. The standard InChI is InChI=1S/C30H50O3/c1-19(9-12-25(32)27(4,5)33)20-13-17-29(7)21(20)10-11-23-28(6)16-15-24(31)26(2,3)22(28)14-18-30(23,29)8/h9,20-23,25,32-33H,10-18H2,1-8H3/b19-9-/t20-,21-,22+,23-,25?,28+,29-,30-/m1/s1. The molecule has 0 bridgehead atoms. The Kier molecular flexibility index (Phi) is 6.10. The Morgan fingerprint density at radius 1 is 1.00 bits per heavy atom. The molecule has 1 unspecified atom stereocenters. The number of hydrogen-bond donors (Lipinski definition) is 2. The Bertz CT molecular complexity index is 819. The maximum absolute atomic E-state index is 12.8. The summed E-state index contributed by atoms with van der Waals surface area (Å²) in [6.45, 7) is 17.9. The molecular weight excluding hydrogens is 408 g/mol. The molecule has 4 fully saturated rings. The van der Waals surface area contributed by atoms with E-state index in [0.29, 0.717) is 46.7 Å². The molecule has 4 saturated carbocycles. The minimum atomic E-state index is -1.06. The molecule has 0 amide bonds. The van der Waals surface area contributed by atoms with Crippen LogP contribution in [-0.4, -0.2) is 27.7 Å². The van der Waals surface area contributed by atoms with Crippen molar-refractivity contribution in [3.63, 3.8) is 0 Å². The van der Waals surface area contributed by atoms with Gasteiger partial charge in [0.25, 0.3) is 0 Å². The maximum atomic E-state index is 12.8. The molecule has 8 atom stereocenters. The fraction of sp³-hybridized carbons (Fsp3) is 0.900. The third kappa shape index (κ3) is 3.62. The Morgan fingerprint density at radius 3 is 2.27 bits per heavy atom. The summed E-state index contributed by atoms with van der Waals surface area (Å²) < 4.78 is 0. The van der Waals surface area contributed by atoms with Gasteiger partial charge >= 0.3 is 0 Å². The van der Waals surface area contributed by atoms with Crippen molar-refractivity contribution >= 4 is 5.78 Å². The van der Waals surface area contributed by atoms with Crippen LogP contribution in [0.5, 0.6) is 0 Å². The van der Waals surface area contributed by atoms with Crippen molar-refractivity contribution in [2.24, 2.45) is 45.3 Å². The third-order valence-electron chi connectivity index (χ3n) is 12.2. The largest absolute Gasteiger partial charge is 0.390 e. The number of rotatable bonds is 4. The van der Waals surface area contributed by atoms with Gasteiger partial charge in [-0.05, 0) is 112 Å². The van der Waals surface area contributed by atoms with Gasteiger partial charge in [0.1, 0.15) is 5.78 Å². The highest BCUT2D eigenvalue weighted by molar-refractivity contribution is 5.85. The van der Waals surface area contributed by atoms with Crippen LogP contribution in [0.15, 0.2) is 11.6 Å². The van der Waals surface area contributed by atoms with Crippen molar-refractivity contribution in [3.05, 3.63) is 11.6 Å². The number of aliphatic hydroxyl groups is 2. The second-order valence-electron chi connectivity index (χ2n) is 14.3. The number of fused-ring (bicyclic) bond motifs is 5. The van der Waals surface area contributed by atoms with Crippen molar-refractivity contribution in [2.75, 3.05) is 0 Å². The van der Waals surface area contributed by atoms with Crippen molar-refractivity contribution < 1.29 is 15.0 Å². The van der Waals surface area contributed by atoms with Crippen molar-refractivity contribution in [2.45, 2.75) is 125 Å². The molecule has 3 nitrogen and oxygen atoms in total. The molecule has 4 aliphatic carbocycles. The van der Waals surface area contributed by atoms with Crippen molar-refractivity contribution in [1.82, 2.24) is 0 Å². The van der Waals surface area contributed by atoms with E-state index in [-0.39, 0.29) is 10.8 Å². The smallest absolute Gasteiger partial charge is 0.138 e. The molecule has 2 N–H and O–H groups in total. The van der Waals surface area contributed by atoms with Crippen LogP contribution in [0.3, 0.4) is 0 Å². The molecule has 0 aliphatic heterocycles. The molecule has 0 heterocycles. The van der Waals surface area contributed by atoms with E-state index in [2.05, 4.69) is 47.6 Å². The zero-order valence-corrected chi connectivity index (χ0v) is 22.6. The number of hydrogen-bond acceptors (Lipinski definition) is 3. The van der Waals surface area contributed by atoms with Crippen LogP contribution in [0.25, 0.3) is 0 Å². The van der Waals surface area contributed by atoms with E-state index < -0.39 is 11.7 Å². The van der Waals surface area contributed by atoms with Gasteiger partial charge in [0.15, 0.2) is 0 Å². The number of aliphatic hydroxyl groups excluding tert-OH is 1. The lowest BCUT2D eigenvalue weighted by atomic mass is 9.35. The first kappa shape index (κ1) is 25.4. The summed E-state index contributed by atoms with van der Waals surface area (Å²) in [6, 6.07) is 0. The summed E-state index contributed by atoms with van der Waals surface area (Å²) in [5.41, 5.74) is 1.13. The van der Waals surface area contributed by atoms with Crippen molar-refractivity contribution in [1.29, 1.82) is 0 Å². The van der Waals surface area contributed by atoms with E-state index in [0.717, 1.165) is 12.8 Å². The topological polar surface area (TPSA) is 57.5 Å². The number of Topliss-reactive ketones (excluding diaryl/α,β-unsaturated/α-hetero) is 1. The van der Waals surface area contributed by atoms with Crippen LogP contribution in [-0.2, 0) is 4.79 Å². The Hall–Kier alpha value is -0.670. The van der Waals surface area contributed by atoms with Gasteiger partial charge in [-0.2, -0.15) is 0 Å². The van der Waals surface area contributed by atoms with Crippen LogP contribution in [0.4, 0.5) is 0 Å². The molecule has 4 rings (SSSR count). The predicted molar refractivity (Wildman–Crippen MR) is 135 cm³/mol. The second kappa shape index (κ2) is 7.92. The van der Waals surface area contributed by atoms with Crippen LogP contribution in [0, 0.1) is 45.3 Å². The first-order valence-corrected chi connectivity index (χ1v) is 13.7. The molecule has 33 heavy (non-hydrogen) atoms. The van der Waals surface area contributed by atoms with E-state index in [4.69, 9.17) is 0 Å². The number of allylic oxidation sites excluding steroid dienone is 1. The highest BCUT2D eigenvalue weighted by Gasteiger charge is 2.68. The van der Waals surface area contributed by atoms with Gasteiger partial charge in [0, 0.05) is 11.8 Å². The summed E-state index contributed by atoms with van der Waals surface area (Å²) in [6.07, 6.45) is 11.4. The van der Waals surface area contributed by atoms with E-state index in [1.165, 1.54) is 44.1 Å². The molecular formula is C30H50O3. The fourth-order valence-electron chi connectivity index (χ4n) is 9.83. The molecule has 0 aromatic heterocycles. The Morgan fingerprint density at radius 2 is 1.64 bits per heavy atom. The lowest BCUT2D eigenvalue weighted by Crippen LogP contribution is -2.63. The predicted octanol–water partition coefficient (Wildman–Crippen LogP) is 6.71. The maximum Gasteiger partial charge on any atom is 0.138 e. The number of ketones is 1. The normalized spacial score (nSPS) is 46.4. The van der Waals surface area contributed by atoms with Gasteiger partial charge in [-0.3, -0.25) is 4.79 Å². The van der Waals surface area contributed by atoms with Gasteiger partial charge in [0.2, 0.25) is 0 Å². The molecule has 0 radical (unpaired) electrons. The zero-order valence-electron chi connectivity index (χ0n) is 22.6. The molecule has 0 spiro atoms. The molecule has 0 aromatic rings. The molecule has 188 valence electrons. The Labute approximate surface area is 202 Å². The lowest BCUT2D eigenvalue weighted by molar-refractivity contribution is -0.201. The van der Waals surface area contributed by atoms with E-state index >= 15 is 0 Å². The molecule has 0 aromatic carbocycles. The third-order valence-corrected chi connectivity index (χ3v) is 12.2. The van der Waals surface area contributed by atoms with Gasteiger partial charge in [0.05, 0.1) is 11.7 Å². The monoisotopic (exact) mass is 458 g/mol. The quantitative estimate of drug-likeness (QED) is 0.460. The van der Waals surface area contributed by atoms with Gasteiger partial charge < -0.3 is 10.2 Å². The molecule has 0 saturated heterocycles. The average molecular weight is 459 g/mol. The SMILES string of the molecule is C/C(=C/CC(O)C(C)(C)O)[C@H]1CC[C@]2(C)[C@@H]1CC[C@@H]1[C@@]3(C)CCC(=O)C(C)(C)[C@@H]3CC[C@]12C.